The molecule has 3 aromatic heterocycles. The van der Waals surface area contributed by atoms with Crippen LogP contribution in [0.4, 0.5) is 5.69 Å². The number of fused-ring (bicyclic) bond motifs is 1. The van der Waals surface area contributed by atoms with Crippen LogP contribution in [0.15, 0.2) is 35.5 Å². The fourth-order valence-corrected chi connectivity index (χ4v) is 3.45. The van der Waals surface area contributed by atoms with E-state index in [9.17, 15) is 9.59 Å². The molecular weight excluding hydrogens is 386 g/mol. The third kappa shape index (κ3) is 4.20. The quantitative estimate of drug-likeness (QED) is 0.666. The third-order valence-electron chi connectivity index (χ3n) is 4.95. The lowest BCUT2D eigenvalue weighted by atomic mass is 10.0. The average Bonchev–Trinajstić information content (AvgIpc) is 3.33. The van der Waals surface area contributed by atoms with E-state index in [1.165, 1.54) is 4.57 Å². The second kappa shape index (κ2) is 8.27. The van der Waals surface area contributed by atoms with E-state index < -0.39 is 5.91 Å². The van der Waals surface area contributed by atoms with Crippen LogP contribution in [0, 0.1) is 5.92 Å². The van der Waals surface area contributed by atoms with Crippen LogP contribution < -0.4 is 15.6 Å². The molecule has 1 fully saturated rings. The van der Waals surface area contributed by atoms with Crippen LogP contribution in [0.25, 0.3) is 5.78 Å². The number of imidazole rings is 1. The summed E-state index contributed by atoms with van der Waals surface area (Å²) in [6.45, 7) is 5.24. The number of anilines is 1. The molecule has 4 rings (SSSR count). The van der Waals surface area contributed by atoms with Crippen molar-refractivity contribution in [2.45, 2.75) is 32.8 Å². The topological polar surface area (TPSA) is 99.8 Å². The molecule has 1 atom stereocenters. The molecule has 0 radical (unpaired) electrons. The highest BCUT2D eigenvalue weighted by Gasteiger charge is 2.21. The number of aryl methyl sites for hydroxylation is 1. The molecule has 0 aromatic carbocycles. The minimum Gasteiger partial charge on any atom is -0.474 e. The van der Waals surface area contributed by atoms with Gasteiger partial charge in [-0.05, 0) is 44.7 Å². The molecule has 0 bridgehead atoms. The van der Waals surface area contributed by atoms with E-state index in [0.29, 0.717) is 11.7 Å². The smallest absolute Gasteiger partial charge is 0.274 e. The van der Waals surface area contributed by atoms with Gasteiger partial charge in [0.2, 0.25) is 11.7 Å². The second-order valence-electron chi connectivity index (χ2n) is 7.79. The Morgan fingerprint density at radius 3 is 2.93 bits per heavy atom. The van der Waals surface area contributed by atoms with Crippen molar-refractivity contribution in [3.05, 3.63) is 52.3 Å². The van der Waals surface area contributed by atoms with Gasteiger partial charge in [-0.3, -0.25) is 14.0 Å². The molecule has 4 heterocycles. The van der Waals surface area contributed by atoms with Crippen LogP contribution in [-0.2, 0) is 18.2 Å². The highest BCUT2D eigenvalue weighted by atomic mass is 16.5. The van der Waals surface area contributed by atoms with Gasteiger partial charge in [-0.1, -0.05) is 0 Å². The predicted octanol–water partition coefficient (Wildman–Crippen LogP) is 2.05. The van der Waals surface area contributed by atoms with Gasteiger partial charge in [0.25, 0.3) is 11.5 Å². The number of pyridine rings is 1. The van der Waals surface area contributed by atoms with Crippen molar-refractivity contribution in [3.8, 4) is 5.88 Å². The Hall–Kier alpha value is -3.20. The molecule has 30 heavy (non-hydrogen) atoms. The summed E-state index contributed by atoms with van der Waals surface area (Å²) in [7, 11) is 1.63. The van der Waals surface area contributed by atoms with Gasteiger partial charge in [0.05, 0.1) is 11.8 Å². The molecule has 1 N–H and O–H groups in total. The lowest BCUT2D eigenvalue weighted by molar-refractivity contribution is 0.101. The standard InChI is InChI=1S/C21H25N5O4/c1-13(2)30-19-16(18(27)23-17-5-4-7-25(3)20(17)28)11-26-10-15(22-21(26)24-19)9-14-6-8-29-12-14/h4-5,7,10-11,13-14H,6,8-9,12H2,1-3H3,(H,23,27)/t14-/m1/s1. The molecule has 1 amide bonds. The number of nitrogens with one attached hydrogen (secondary N) is 1. The summed E-state index contributed by atoms with van der Waals surface area (Å²) >= 11 is 0. The van der Waals surface area contributed by atoms with E-state index in [1.54, 1.807) is 36.0 Å². The first-order valence-electron chi connectivity index (χ1n) is 10.0. The molecule has 158 valence electrons. The fourth-order valence-electron chi connectivity index (χ4n) is 3.45. The largest absolute Gasteiger partial charge is 0.474 e. The van der Waals surface area contributed by atoms with Crippen LogP contribution in [0.2, 0.25) is 0 Å². The van der Waals surface area contributed by atoms with E-state index in [-0.39, 0.29) is 28.8 Å². The van der Waals surface area contributed by atoms with Crippen molar-refractivity contribution in [1.29, 1.82) is 0 Å². The van der Waals surface area contributed by atoms with Crippen LogP contribution in [0.1, 0.15) is 36.3 Å². The van der Waals surface area contributed by atoms with Gasteiger partial charge < -0.3 is 19.4 Å². The number of carbonyl (C=O) groups is 1. The Kier molecular flexibility index (Phi) is 5.54. The van der Waals surface area contributed by atoms with Crippen molar-refractivity contribution in [3.63, 3.8) is 0 Å². The molecule has 1 aliphatic rings. The van der Waals surface area contributed by atoms with Gasteiger partial charge in [-0.2, -0.15) is 4.98 Å². The Labute approximate surface area is 173 Å². The Morgan fingerprint density at radius 2 is 2.20 bits per heavy atom. The van der Waals surface area contributed by atoms with Crippen LogP contribution in [-0.4, -0.2) is 44.2 Å². The third-order valence-corrected chi connectivity index (χ3v) is 4.95. The van der Waals surface area contributed by atoms with Crippen molar-refractivity contribution < 1.29 is 14.3 Å². The molecule has 0 saturated carbocycles. The van der Waals surface area contributed by atoms with Crippen molar-refractivity contribution >= 4 is 17.4 Å². The number of amides is 1. The van der Waals surface area contributed by atoms with Crippen molar-refractivity contribution in [2.75, 3.05) is 18.5 Å². The number of ether oxygens (including phenoxy) is 2. The lowest BCUT2D eigenvalue weighted by Gasteiger charge is -2.13. The zero-order valence-electron chi connectivity index (χ0n) is 17.3. The summed E-state index contributed by atoms with van der Waals surface area (Å²) in [4.78, 5) is 34.3. The lowest BCUT2D eigenvalue weighted by Crippen LogP contribution is -2.24. The zero-order chi connectivity index (χ0) is 21.3. The normalized spacial score (nSPS) is 16.3. The van der Waals surface area contributed by atoms with E-state index >= 15 is 0 Å². The van der Waals surface area contributed by atoms with Crippen LogP contribution >= 0.6 is 0 Å². The van der Waals surface area contributed by atoms with E-state index in [4.69, 9.17) is 9.47 Å². The van der Waals surface area contributed by atoms with Gasteiger partial charge in [0, 0.05) is 38.9 Å². The molecule has 9 heteroatoms. The number of aromatic nitrogens is 4. The average molecular weight is 411 g/mol. The monoisotopic (exact) mass is 411 g/mol. The molecule has 1 saturated heterocycles. The van der Waals surface area contributed by atoms with Gasteiger partial charge in [-0.25, -0.2) is 4.98 Å². The maximum atomic E-state index is 13.0. The number of nitrogens with zero attached hydrogens (tertiary/aromatic N) is 4. The van der Waals surface area contributed by atoms with Crippen molar-refractivity contribution in [1.82, 2.24) is 18.9 Å². The summed E-state index contributed by atoms with van der Waals surface area (Å²) in [5, 5.41) is 2.67. The number of carbonyl (C=O) groups excluding carboxylic acids is 1. The van der Waals surface area contributed by atoms with Gasteiger partial charge >= 0.3 is 0 Å². The zero-order valence-corrected chi connectivity index (χ0v) is 17.3. The highest BCUT2D eigenvalue weighted by Crippen LogP contribution is 2.22. The summed E-state index contributed by atoms with van der Waals surface area (Å²) in [6, 6.07) is 3.26. The predicted molar refractivity (Wildman–Crippen MR) is 111 cm³/mol. The first-order chi connectivity index (χ1) is 14.4. The van der Waals surface area contributed by atoms with E-state index in [2.05, 4.69) is 15.3 Å². The van der Waals surface area contributed by atoms with Gasteiger partial charge in [0.15, 0.2) is 0 Å². The Morgan fingerprint density at radius 1 is 1.37 bits per heavy atom. The van der Waals surface area contributed by atoms with E-state index in [0.717, 1.165) is 31.7 Å². The summed E-state index contributed by atoms with van der Waals surface area (Å²) in [6.07, 6.45) is 6.78. The molecule has 0 unspecified atom stereocenters. The molecule has 0 aliphatic carbocycles. The minimum absolute atomic E-state index is 0.179. The second-order valence-corrected chi connectivity index (χ2v) is 7.79. The minimum atomic E-state index is -0.470. The van der Waals surface area contributed by atoms with Crippen molar-refractivity contribution in [2.24, 2.45) is 13.0 Å². The Bertz CT molecular complexity index is 1130. The molecule has 3 aromatic rings. The van der Waals surface area contributed by atoms with Crippen LogP contribution in [0.3, 0.4) is 0 Å². The summed E-state index contributed by atoms with van der Waals surface area (Å²) < 4.78 is 14.3. The van der Waals surface area contributed by atoms with Gasteiger partial charge in [-0.15, -0.1) is 0 Å². The Balaban J connectivity index is 1.67. The SMILES string of the molecule is CC(C)Oc1nc2nc(C[C@H]3CCOC3)cn2cc1C(=O)Nc1cccn(C)c1=O. The molecule has 1 aliphatic heterocycles. The van der Waals surface area contributed by atoms with Crippen LogP contribution in [0.5, 0.6) is 5.88 Å². The highest BCUT2D eigenvalue weighted by molar-refractivity contribution is 6.05. The maximum Gasteiger partial charge on any atom is 0.274 e. The first-order valence-corrected chi connectivity index (χ1v) is 10.0. The maximum absolute atomic E-state index is 13.0. The number of rotatable bonds is 6. The van der Waals surface area contributed by atoms with Gasteiger partial charge in [0.1, 0.15) is 11.3 Å². The fraction of sp³-hybridized carbons (Fsp3) is 0.429. The molecule has 0 spiro atoms. The van der Waals surface area contributed by atoms with E-state index in [1.807, 2.05) is 20.0 Å². The first kappa shape index (κ1) is 20.1. The molecule has 9 nitrogen and oxygen atoms in total. The summed E-state index contributed by atoms with van der Waals surface area (Å²) in [5.41, 5.74) is 1.02. The summed E-state index contributed by atoms with van der Waals surface area (Å²) in [5.74, 6) is 0.622. The number of hydrogen-bond donors (Lipinski definition) is 1. The molecular formula is C21H25N5O4. The number of hydrogen-bond acceptors (Lipinski definition) is 6.